The number of hydrogen-bond acceptors (Lipinski definition) is 8. The molecule has 9 heteroatoms. The molecule has 3 aromatic carbocycles. The minimum Gasteiger partial charge on any atom is -0.497 e. The van der Waals surface area contributed by atoms with E-state index < -0.39 is 6.04 Å². The molecular formula is C25H25N7O2. The second-order valence-electron chi connectivity index (χ2n) is 7.37. The molecule has 0 aliphatic rings. The van der Waals surface area contributed by atoms with Crippen molar-refractivity contribution in [3.05, 3.63) is 84.9 Å². The molecule has 1 atom stereocenters. The molecule has 0 saturated carbocycles. The number of carbonyl (C=O) groups is 1. The lowest BCUT2D eigenvalue weighted by Gasteiger charge is -2.16. The zero-order valence-corrected chi connectivity index (χ0v) is 18.8. The van der Waals surface area contributed by atoms with Crippen LogP contribution in [0.25, 0.3) is 0 Å². The zero-order valence-electron chi connectivity index (χ0n) is 18.8. The van der Waals surface area contributed by atoms with E-state index in [4.69, 9.17) is 4.74 Å². The Morgan fingerprint density at radius 3 is 1.71 bits per heavy atom. The molecule has 1 aromatic heterocycles. The van der Waals surface area contributed by atoms with E-state index in [1.807, 2.05) is 60.7 Å². The lowest BCUT2D eigenvalue weighted by Crippen LogP contribution is -2.32. The van der Waals surface area contributed by atoms with Gasteiger partial charge in [0, 0.05) is 17.1 Å². The van der Waals surface area contributed by atoms with Crippen molar-refractivity contribution in [1.82, 2.24) is 15.0 Å². The summed E-state index contributed by atoms with van der Waals surface area (Å²) in [6.45, 7) is 1.73. The molecule has 9 nitrogen and oxygen atoms in total. The Bertz CT molecular complexity index is 1160. The number of methoxy groups -OCH3 is 1. The number of amides is 1. The van der Waals surface area contributed by atoms with Crippen molar-refractivity contribution >= 4 is 40.8 Å². The Hall–Kier alpha value is -4.66. The Balaban J connectivity index is 1.51. The molecule has 1 heterocycles. The summed E-state index contributed by atoms with van der Waals surface area (Å²) >= 11 is 0. The molecule has 0 fully saturated rings. The lowest BCUT2D eigenvalue weighted by atomic mass is 10.2. The molecule has 4 aromatic rings. The summed E-state index contributed by atoms with van der Waals surface area (Å²) in [5, 5.41) is 12.3. The average molecular weight is 456 g/mol. The Kier molecular flexibility index (Phi) is 7.14. The number of rotatable bonds is 9. The average Bonchev–Trinajstić information content (AvgIpc) is 2.85. The zero-order chi connectivity index (χ0) is 23.8. The molecule has 172 valence electrons. The third-order valence-electron chi connectivity index (χ3n) is 4.79. The van der Waals surface area contributed by atoms with Gasteiger partial charge in [0.05, 0.1) is 7.11 Å². The van der Waals surface area contributed by atoms with Crippen molar-refractivity contribution in [2.45, 2.75) is 13.0 Å². The van der Waals surface area contributed by atoms with Gasteiger partial charge >= 0.3 is 0 Å². The highest BCUT2D eigenvalue weighted by molar-refractivity contribution is 5.96. The van der Waals surface area contributed by atoms with Crippen molar-refractivity contribution in [2.24, 2.45) is 0 Å². The van der Waals surface area contributed by atoms with E-state index in [0.29, 0.717) is 23.3 Å². The van der Waals surface area contributed by atoms with Gasteiger partial charge < -0.3 is 26.0 Å². The molecule has 4 rings (SSSR count). The molecule has 0 radical (unpaired) electrons. The molecule has 0 aliphatic carbocycles. The Morgan fingerprint density at radius 1 is 0.706 bits per heavy atom. The first-order valence-corrected chi connectivity index (χ1v) is 10.7. The van der Waals surface area contributed by atoms with Crippen LogP contribution in [0.1, 0.15) is 6.92 Å². The second-order valence-corrected chi connectivity index (χ2v) is 7.37. The molecule has 0 unspecified atom stereocenters. The van der Waals surface area contributed by atoms with Crippen molar-refractivity contribution in [2.75, 3.05) is 28.4 Å². The van der Waals surface area contributed by atoms with Crippen molar-refractivity contribution in [3.63, 3.8) is 0 Å². The van der Waals surface area contributed by atoms with Crippen molar-refractivity contribution < 1.29 is 9.53 Å². The molecule has 0 spiro atoms. The highest BCUT2D eigenvalue weighted by Crippen LogP contribution is 2.19. The number of nitrogens with zero attached hydrogens (tertiary/aromatic N) is 3. The van der Waals surface area contributed by atoms with E-state index in [2.05, 4.69) is 36.2 Å². The van der Waals surface area contributed by atoms with Crippen LogP contribution in [0.2, 0.25) is 0 Å². The third kappa shape index (κ3) is 6.19. The summed E-state index contributed by atoms with van der Waals surface area (Å²) in [6.07, 6.45) is 0. The van der Waals surface area contributed by atoms with Gasteiger partial charge in [0.1, 0.15) is 11.8 Å². The maximum absolute atomic E-state index is 12.7. The molecule has 1 amide bonds. The topological polar surface area (TPSA) is 113 Å². The molecule has 0 saturated heterocycles. The summed E-state index contributed by atoms with van der Waals surface area (Å²) in [6, 6.07) is 25.6. The van der Waals surface area contributed by atoms with Crippen LogP contribution in [0.15, 0.2) is 84.9 Å². The van der Waals surface area contributed by atoms with E-state index in [0.717, 1.165) is 11.4 Å². The van der Waals surface area contributed by atoms with E-state index in [1.54, 1.807) is 38.3 Å². The van der Waals surface area contributed by atoms with E-state index in [9.17, 15) is 4.79 Å². The minimum atomic E-state index is -0.612. The highest BCUT2D eigenvalue weighted by Gasteiger charge is 2.16. The molecule has 0 aliphatic heterocycles. The number of nitrogens with one attached hydrogen (secondary N) is 4. The predicted octanol–water partition coefficient (Wildman–Crippen LogP) is 4.81. The van der Waals surface area contributed by atoms with Crippen LogP contribution >= 0.6 is 0 Å². The van der Waals surface area contributed by atoms with Crippen LogP contribution in [-0.4, -0.2) is 34.0 Å². The SMILES string of the molecule is COc1ccc(NC(=O)[C@@H](C)Nc2nc(Nc3ccccc3)nc(Nc3ccccc3)n2)cc1. The first-order chi connectivity index (χ1) is 16.6. The Morgan fingerprint density at radius 2 is 1.21 bits per heavy atom. The number of carbonyl (C=O) groups excluding carboxylic acids is 1. The normalized spacial score (nSPS) is 11.2. The smallest absolute Gasteiger partial charge is 0.246 e. The van der Waals surface area contributed by atoms with Gasteiger partial charge in [-0.3, -0.25) is 4.79 Å². The van der Waals surface area contributed by atoms with Gasteiger partial charge in [0.2, 0.25) is 23.8 Å². The van der Waals surface area contributed by atoms with Gasteiger partial charge in [-0.15, -0.1) is 0 Å². The summed E-state index contributed by atoms with van der Waals surface area (Å²) in [7, 11) is 1.59. The maximum Gasteiger partial charge on any atom is 0.246 e. The van der Waals surface area contributed by atoms with E-state index in [1.165, 1.54) is 0 Å². The molecule has 34 heavy (non-hydrogen) atoms. The molecule has 0 bridgehead atoms. The lowest BCUT2D eigenvalue weighted by molar-refractivity contribution is -0.116. The van der Waals surface area contributed by atoms with Crippen molar-refractivity contribution in [1.29, 1.82) is 0 Å². The summed E-state index contributed by atoms with van der Waals surface area (Å²) in [5.74, 6) is 1.41. The summed E-state index contributed by atoms with van der Waals surface area (Å²) in [4.78, 5) is 26.1. The van der Waals surface area contributed by atoms with Gasteiger partial charge in [-0.05, 0) is 55.5 Å². The first kappa shape index (κ1) is 22.5. The predicted molar refractivity (Wildman–Crippen MR) is 134 cm³/mol. The Labute approximate surface area is 197 Å². The number of anilines is 6. The minimum absolute atomic E-state index is 0.235. The van der Waals surface area contributed by atoms with Gasteiger partial charge in [-0.2, -0.15) is 15.0 Å². The maximum atomic E-state index is 12.7. The third-order valence-corrected chi connectivity index (χ3v) is 4.79. The molecule has 4 N–H and O–H groups in total. The fourth-order valence-electron chi connectivity index (χ4n) is 3.04. The van der Waals surface area contributed by atoms with Crippen LogP contribution in [0.4, 0.5) is 34.9 Å². The van der Waals surface area contributed by atoms with Crippen LogP contribution in [0.3, 0.4) is 0 Å². The van der Waals surface area contributed by atoms with Crippen molar-refractivity contribution in [3.8, 4) is 5.75 Å². The van der Waals surface area contributed by atoms with Gasteiger partial charge in [0.25, 0.3) is 0 Å². The molecular weight excluding hydrogens is 430 g/mol. The fourth-order valence-corrected chi connectivity index (χ4v) is 3.04. The number of para-hydroxylation sites is 2. The second kappa shape index (κ2) is 10.8. The summed E-state index contributed by atoms with van der Waals surface area (Å²) in [5.41, 5.74) is 2.32. The number of aromatic nitrogens is 3. The standard InChI is InChI=1S/C25H25N7O2/c1-17(22(33)27-20-13-15-21(34-2)16-14-20)26-23-30-24(28-18-9-5-3-6-10-18)32-25(31-23)29-19-11-7-4-8-12-19/h3-17H,1-2H3,(H,27,33)(H3,26,28,29,30,31,32)/t17-/m1/s1. The number of hydrogen-bond donors (Lipinski definition) is 4. The monoisotopic (exact) mass is 455 g/mol. The fraction of sp³-hybridized carbons (Fsp3) is 0.120. The van der Waals surface area contributed by atoms with Gasteiger partial charge in [-0.25, -0.2) is 0 Å². The van der Waals surface area contributed by atoms with Crippen LogP contribution in [-0.2, 0) is 4.79 Å². The highest BCUT2D eigenvalue weighted by atomic mass is 16.5. The summed E-state index contributed by atoms with van der Waals surface area (Å²) < 4.78 is 5.15. The van der Waals surface area contributed by atoms with E-state index >= 15 is 0 Å². The number of benzene rings is 3. The quantitative estimate of drug-likeness (QED) is 0.284. The number of ether oxygens (including phenoxy) is 1. The first-order valence-electron chi connectivity index (χ1n) is 10.7. The van der Waals surface area contributed by atoms with Crippen LogP contribution in [0, 0.1) is 0 Å². The van der Waals surface area contributed by atoms with Crippen LogP contribution < -0.4 is 26.0 Å². The largest absolute Gasteiger partial charge is 0.497 e. The van der Waals surface area contributed by atoms with Gasteiger partial charge in [-0.1, -0.05) is 36.4 Å². The van der Waals surface area contributed by atoms with Crippen LogP contribution in [0.5, 0.6) is 5.75 Å². The van der Waals surface area contributed by atoms with Gasteiger partial charge in [0.15, 0.2) is 0 Å². The van der Waals surface area contributed by atoms with E-state index in [-0.39, 0.29) is 11.9 Å².